The Hall–Kier alpha value is -1.66. The molecule has 0 fully saturated rings. The number of hydrazine groups is 2. The molecule has 0 saturated carbocycles. The molecule has 1 aromatic carbocycles. The summed E-state index contributed by atoms with van der Waals surface area (Å²) < 4.78 is 0. The predicted octanol–water partition coefficient (Wildman–Crippen LogP) is 1.86. The Balaban J connectivity index is 2.00. The molecule has 2 amide bonds. The minimum absolute atomic E-state index is 0.249. The zero-order valence-corrected chi connectivity index (χ0v) is 12.0. The molecule has 6 nitrogen and oxygen atoms in total. The first kappa shape index (κ1) is 13.8. The molecule has 8 heteroatoms. The van der Waals surface area contributed by atoms with E-state index in [0.717, 1.165) is 5.56 Å². The largest absolute Gasteiger partial charge is 0.359 e. The van der Waals surface area contributed by atoms with Crippen LogP contribution in [0.15, 0.2) is 23.3 Å². The van der Waals surface area contributed by atoms with Crippen molar-refractivity contribution >= 4 is 35.1 Å². The van der Waals surface area contributed by atoms with Gasteiger partial charge in [0, 0.05) is 30.6 Å². The third-order valence-corrected chi connectivity index (χ3v) is 3.06. The lowest BCUT2D eigenvalue weighted by Gasteiger charge is -2.20. The highest BCUT2D eigenvalue weighted by molar-refractivity contribution is 6.35. The number of amidine groups is 1. The topological polar surface area (TPSA) is 60.0 Å². The Bertz CT molecular complexity index is 532. The third-order valence-electron chi connectivity index (χ3n) is 2.47. The van der Waals surface area contributed by atoms with Crippen LogP contribution in [0.2, 0.25) is 10.0 Å². The molecule has 2 rings (SSSR count). The summed E-state index contributed by atoms with van der Waals surface area (Å²) in [5.41, 5.74) is 6.31. The van der Waals surface area contributed by atoms with Gasteiger partial charge >= 0.3 is 6.03 Å². The van der Waals surface area contributed by atoms with Gasteiger partial charge in [-0.3, -0.25) is 5.43 Å². The number of benzene rings is 1. The second kappa shape index (κ2) is 5.54. The molecule has 1 aromatic rings. The van der Waals surface area contributed by atoms with E-state index in [-0.39, 0.29) is 6.03 Å². The smallest absolute Gasteiger partial charge is 0.328 e. The summed E-state index contributed by atoms with van der Waals surface area (Å²) in [5, 5.41) is 6.36. The summed E-state index contributed by atoms with van der Waals surface area (Å²) in [5.74, 6) is 0.597. The molecular weight excluding hydrogens is 289 g/mol. The minimum atomic E-state index is -0.249. The van der Waals surface area contributed by atoms with Crippen LogP contribution >= 0.6 is 23.2 Å². The van der Waals surface area contributed by atoms with Gasteiger partial charge in [0.05, 0.1) is 0 Å². The van der Waals surface area contributed by atoms with Crippen molar-refractivity contribution in [2.24, 2.45) is 5.10 Å². The standard InChI is InChI=1S/C11H13Cl2N5O/c1-17(2)11(19)18-15-10(14-16-18)5-7-3-4-8(12)6-9(7)13/h3-4,6,16H,5H2,1-2H3,(H,14,15). The van der Waals surface area contributed by atoms with Crippen molar-refractivity contribution in [3.8, 4) is 0 Å². The monoisotopic (exact) mass is 301 g/mol. The first-order chi connectivity index (χ1) is 8.97. The number of hydrogen-bond acceptors (Lipinski definition) is 4. The number of carbonyl (C=O) groups is 1. The molecular formula is C11H13Cl2N5O. The average molecular weight is 302 g/mol. The van der Waals surface area contributed by atoms with E-state index in [2.05, 4.69) is 16.1 Å². The number of halogens is 2. The van der Waals surface area contributed by atoms with Crippen molar-refractivity contribution < 1.29 is 4.79 Å². The Labute approximate surface area is 120 Å². The summed E-state index contributed by atoms with van der Waals surface area (Å²) in [6.07, 6.45) is 0.472. The number of rotatable bonds is 2. The number of nitrogens with one attached hydrogen (secondary N) is 2. The van der Waals surface area contributed by atoms with Crippen LogP contribution in [0.3, 0.4) is 0 Å². The maximum atomic E-state index is 11.7. The van der Waals surface area contributed by atoms with E-state index < -0.39 is 0 Å². The summed E-state index contributed by atoms with van der Waals surface area (Å²) >= 11 is 11.9. The van der Waals surface area contributed by atoms with Crippen molar-refractivity contribution in [2.45, 2.75) is 6.42 Å². The van der Waals surface area contributed by atoms with E-state index in [1.165, 1.54) is 10.0 Å². The summed E-state index contributed by atoms with van der Waals surface area (Å²) in [4.78, 5) is 13.1. The van der Waals surface area contributed by atoms with E-state index in [9.17, 15) is 4.79 Å². The molecule has 0 radical (unpaired) electrons. The lowest BCUT2D eigenvalue weighted by atomic mass is 10.1. The van der Waals surface area contributed by atoms with Gasteiger partial charge in [0.15, 0.2) is 0 Å². The lowest BCUT2D eigenvalue weighted by Crippen LogP contribution is -2.50. The van der Waals surface area contributed by atoms with Crippen molar-refractivity contribution in [3.63, 3.8) is 0 Å². The Morgan fingerprint density at radius 3 is 2.79 bits per heavy atom. The fourth-order valence-electron chi connectivity index (χ4n) is 1.50. The van der Waals surface area contributed by atoms with Crippen LogP contribution in [0.1, 0.15) is 5.56 Å². The van der Waals surface area contributed by atoms with Crippen molar-refractivity contribution in [1.29, 1.82) is 0 Å². The molecule has 0 aromatic heterocycles. The number of urea groups is 1. The first-order valence-corrected chi connectivity index (χ1v) is 6.27. The highest BCUT2D eigenvalue weighted by Gasteiger charge is 2.22. The van der Waals surface area contributed by atoms with Gasteiger partial charge in [-0.1, -0.05) is 29.3 Å². The number of nitrogens with zero attached hydrogens (tertiary/aromatic N) is 3. The SMILES string of the molecule is CN(C)C(=O)N1NN=C(Cc2ccc(Cl)cc2Cl)N1. The number of hydrazone groups is 1. The van der Waals surface area contributed by atoms with Gasteiger partial charge in [-0.2, -0.15) is 5.53 Å². The van der Waals surface area contributed by atoms with Gasteiger partial charge in [-0.25, -0.2) is 4.79 Å². The second-order valence-corrected chi connectivity index (χ2v) is 5.04. The summed E-state index contributed by atoms with van der Waals surface area (Å²) in [7, 11) is 3.31. The molecule has 0 atom stereocenters. The van der Waals surface area contributed by atoms with E-state index in [1.54, 1.807) is 26.2 Å². The van der Waals surface area contributed by atoms with Gasteiger partial charge in [-0.15, -0.1) is 10.2 Å². The average Bonchev–Trinajstić information content (AvgIpc) is 2.80. The first-order valence-electron chi connectivity index (χ1n) is 5.51. The van der Waals surface area contributed by atoms with Crippen LogP contribution in [-0.4, -0.2) is 36.0 Å². The molecule has 0 unspecified atom stereocenters. The third kappa shape index (κ3) is 3.21. The molecule has 1 aliphatic rings. The van der Waals surface area contributed by atoms with E-state index in [0.29, 0.717) is 22.3 Å². The van der Waals surface area contributed by atoms with Crippen LogP contribution < -0.4 is 11.0 Å². The van der Waals surface area contributed by atoms with Crippen LogP contribution in [0, 0.1) is 0 Å². The molecule has 2 N–H and O–H groups in total. The molecule has 0 bridgehead atoms. The summed E-state index contributed by atoms with van der Waals surface area (Å²) in [6.45, 7) is 0. The Kier molecular flexibility index (Phi) is 4.01. The fourth-order valence-corrected chi connectivity index (χ4v) is 1.98. The quantitative estimate of drug-likeness (QED) is 0.876. The number of amides is 2. The fraction of sp³-hybridized carbons (Fsp3) is 0.273. The van der Waals surface area contributed by atoms with Crippen LogP contribution in [0.4, 0.5) is 4.79 Å². The normalized spacial score (nSPS) is 13.7. The van der Waals surface area contributed by atoms with Gasteiger partial charge in [0.1, 0.15) is 5.84 Å². The van der Waals surface area contributed by atoms with E-state index in [4.69, 9.17) is 23.2 Å². The molecule has 0 spiro atoms. The van der Waals surface area contributed by atoms with E-state index in [1.807, 2.05) is 6.07 Å². The molecule has 1 heterocycles. The molecule has 0 saturated heterocycles. The molecule has 1 aliphatic heterocycles. The molecule has 19 heavy (non-hydrogen) atoms. The lowest BCUT2D eigenvalue weighted by molar-refractivity contribution is 0.140. The van der Waals surface area contributed by atoms with Crippen LogP contribution in [0.25, 0.3) is 0 Å². The van der Waals surface area contributed by atoms with Crippen molar-refractivity contribution in [1.82, 2.24) is 21.0 Å². The van der Waals surface area contributed by atoms with Crippen molar-refractivity contribution in [3.05, 3.63) is 33.8 Å². The van der Waals surface area contributed by atoms with Gasteiger partial charge in [0.2, 0.25) is 0 Å². The second-order valence-electron chi connectivity index (χ2n) is 4.20. The van der Waals surface area contributed by atoms with Crippen LogP contribution in [-0.2, 0) is 6.42 Å². The Morgan fingerprint density at radius 2 is 2.16 bits per heavy atom. The highest BCUT2D eigenvalue weighted by atomic mass is 35.5. The number of carbonyl (C=O) groups excluding carboxylic acids is 1. The molecule has 102 valence electrons. The Morgan fingerprint density at radius 1 is 1.42 bits per heavy atom. The maximum absolute atomic E-state index is 11.7. The van der Waals surface area contributed by atoms with E-state index >= 15 is 0 Å². The maximum Gasteiger partial charge on any atom is 0.359 e. The minimum Gasteiger partial charge on any atom is -0.328 e. The number of hydrogen-bond donors (Lipinski definition) is 2. The molecule has 0 aliphatic carbocycles. The van der Waals surface area contributed by atoms with Gasteiger partial charge in [-0.05, 0) is 17.7 Å². The van der Waals surface area contributed by atoms with Crippen molar-refractivity contribution in [2.75, 3.05) is 14.1 Å². The van der Waals surface area contributed by atoms with Crippen LogP contribution in [0.5, 0.6) is 0 Å². The zero-order chi connectivity index (χ0) is 14.0. The predicted molar refractivity (Wildman–Crippen MR) is 74.8 cm³/mol. The summed E-state index contributed by atoms with van der Waals surface area (Å²) in [6, 6.07) is 5.00. The van der Waals surface area contributed by atoms with Gasteiger partial charge in [0.25, 0.3) is 0 Å². The highest BCUT2D eigenvalue weighted by Crippen LogP contribution is 2.21. The van der Waals surface area contributed by atoms with Gasteiger partial charge < -0.3 is 4.90 Å². The zero-order valence-electron chi connectivity index (χ0n) is 10.4.